The molecule has 1 aliphatic heterocycles. The van der Waals surface area contributed by atoms with E-state index in [9.17, 15) is 26.7 Å². The molecule has 1 aromatic rings. The number of rotatable bonds is 6. The van der Waals surface area contributed by atoms with E-state index in [4.69, 9.17) is 19.6 Å². The summed E-state index contributed by atoms with van der Waals surface area (Å²) in [6, 6.07) is 1.14. The molecule has 0 amide bonds. The van der Waals surface area contributed by atoms with Gasteiger partial charge >= 0.3 is 26.5 Å². The van der Waals surface area contributed by atoms with Gasteiger partial charge in [-0.15, -0.1) is 0 Å². The second kappa shape index (κ2) is 6.92. The molecule has 0 bridgehead atoms. The van der Waals surface area contributed by atoms with Gasteiger partial charge in [0.2, 0.25) is 0 Å². The van der Waals surface area contributed by atoms with Gasteiger partial charge < -0.3 is 15.6 Å². The lowest BCUT2D eigenvalue weighted by Crippen LogP contribution is -2.41. The lowest BCUT2D eigenvalue weighted by Gasteiger charge is -2.21. The van der Waals surface area contributed by atoms with E-state index in [0.717, 1.165) is 12.3 Å². The second-order valence-corrected chi connectivity index (χ2v) is 6.86. The van der Waals surface area contributed by atoms with E-state index < -0.39 is 57.6 Å². The Balaban J connectivity index is 2.51. The number of nitrogens with two attached hydrogens (primary N) is 1. The van der Waals surface area contributed by atoms with Crippen molar-refractivity contribution in [1.29, 1.82) is 0 Å². The largest absolute Gasteiger partial charge is 0.397 e. The van der Waals surface area contributed by atoms with E-state index in [2.05, 4.69) is 13.4 Å². The minimum atomic E-state index is -5.17. The minimum absolute atomic E-state index is 0.170. The highest BCUT2D eigenvalue weighted by Gasteiger charge is 2.51. The second-order valence-electron chi connectivity index (χ2n) is 4.77. The van der Waals surface area contributed by atoms with E-state index in [-0.39, 0.29) is 5.82 Å². The molecule has 1 aromatic heterocycles. The minimum Gasteiger partial charge on any atom is -0.394 e. The molecule has 1 fully saturated rings. The maximum Gasteiger partial charge on any atom is 0.397 e. The zero-order valence-corrected chi connectivity index (χ0v) is 13.7. The molecule has 2 rings (SSSR count). The quantitative estimate of drug-likeness (QED) is 0.350. The van der Waals surface area contributed by atoms with Crippen molar-refractivity contribution in [2.75, 3.05) is 12.3 Å². The summed E-state index contributed by atoms with van der Waals surface area (Å²) < 4.78 is 76.0. The first kappa shape index (κ1) is 19.7. The van der Waals surface area contributed by atoms with Gasteiger partial charge in [0.1, 0.15) is 18.0 Å². The van der Waals surface area contributed by atoms with E-state index in [0.29, 0.717) is 4.57 Å². The van der Waals surface area contributed by atoms with Gasteiger partial charge in [-0.3, -0.25) is 13.7 Å². The van der Waals surface area contributed by atoms with Gasteiger partial charge in [-0.1, -0.05) is 0 Å². The van der Waals surface area contributed by atoms with Gasteiger partial charge in [-0.05, 0) is 6.07 Å². The molecule has 14 nitrogen and oxygen atoms in total. The van der Waals surface area contributed by atoms with E-state index in [1.807, 2.05) is 0 Å². The Hall–Kier alpha value is -1.66. The van der Waals surface area contributed by atoms with Gasteiger partial charge in [0, 0.05) is 6.20 Å². The van der Waals surface area contributed by atoms with Crippen LogP contribution in [0.25, 0.3) is 0 Å². The normalized spacial score (nSPS) is 27.5. The Labute approximate surface area is 140 Å². The molecule has 0 spiro atoms. The first-order chi connectivity index (χ1) is 11.4. The van der Waals surface area contributed by atoms with Crippen LogP contribution in [0.15, 0.2) is 17.1 Å². The van der Waals surface area contributed by atoms with Crippen molar-refractivity contribution in [3.8, 4) is 0 Å². The topological polar surface area (TPSA) is 218 Å². The SMILES string of the molecule is Nc1ccn([C@@H]2O[C@H](CO)[C@@H](OS(=O)(=O)O)[C@H]2OS(=O)(=O)O)c(=O)n1. The smallest absolute Gasteiger partial charge is 0.394 e. The van der Waals surface area contributed by atoms with E-state index in [1.165, 1.54) is 0 Å². The van der Waals surface area contributed by atoms with Crippen molar-refractivity contribution in [1.82, 2.24) is 9.55 Å². The van der Waals surface area contributed by atoms with Gasteiger partial charge in [0.15, 0.2) is 12.3 Å². The summed E-state index contributed by atoms with van der Waals surface area (Å²) >= 11 is 0. The standard InChI is InChI=1S/C9H13N3O11S2/c10-5-1-2-12(9(14)11-5)8-7(23-25(18,19)20)6(4(3-13)21-8)22-24(15,16)17/h1-2,4,6-8,13H,3H2,(H2,10,11,14)(H,15,16,17)(H,18,19,20)/t4-,6-,7-,8-/m1/s1. The van der Waals surface area contributed by atoms with Crippen LogP contribution in [-0.2, 0) is 33.9 Å². The molecular weight excluding hydrogens is 390 g/mol. The number of nitrogens with zero attached hydrogens (tertiary/aromatic N) is 2. The lowest BCUT2D eigenvalue weighted by atomic mass is 10.1. The van der Waals surface area contributed by atoms with Crippen LogP contribution in [0.4, 0.5) is 5.82 Å². The number of aliphatic hydroxyl groups is 1. The van der Waals surface area contributed by atoms with Crippen molar-refractivity contribution in [3.63, 3.8) is 0 Å². The Bertz CT molecular complexity index is 896. The Kier molecular flexibility index (Phi) is 5.44. The zero-order chi connectivity index (χ0) is 19.0. The first-order valence-electron chi connectivity index (χ1n) is 6.33. The van der Waals surface area contributed by atoms with E-state index >= 15 is 0 Å². The molecule has 0 aromatic carbocycles. The fourth-order valence-corrected chi connectivity index (χ4v) is 3.20. The van der Waals surface area contributed by atoms with E-state index in [1.54, 1.807) is 0 Å². The number of aliphatic hydroxyl groups excluding tert-OH is 1. The summed E-state index contributed by atoms with van der Waals surface area (Å²) in [6.07, 6.45) is -6.09. The molecule has 16 heteroatoms. The van der Waals surface area contributed by atoms with Crippen LogP contribution < -0.4 is 11.4 Å². The van der Waals surface area contributed by atoms with Crippen molar-refractivity contribution in [3.05, 3.63) is 22.7 Å². The Morgan fingerprint density at radius 3 is 2.24 bits per heavy atom. The van der Waals surface area contributed by atoms with Crippen molar-refractivity contribution < 1.29 is 44.2 Å². The fraction of sp³-hybridized carbons (Fsp3) is 0.556. The highest BCUT2D eigenvalue weighted by atomic mass is 32.3. The summed E-state index contributed by atoms with van der Waals surface area (Å²) in [5, 5.41) is 9.26. The molecule has 4 atom stereocenters. The molecule has 5 N–H and O–H groups in total. The number of aromatic nitrogens is 2. The molecule has 1 saturated heterocycles. The number of ether oxygens (including phenoxy) is 1. The third-order valence-electron chi connectivity index (χ3n) is 3.06. The molecule has 0 radical (unpaired) electrons. The highest BCUT2D eigenvalue weighted by molar-refractivity contribution is 7.81. The lowest BCUT2D eigenvalue weighted by molar-refractivity contribution is -0.0515. The predicted molar refractivity (Wildman–Crippen MR) is 76.7 cm³/mol. The summed E-state index contributed by atoms with van der Waals surface area (Å²) in [6.45, 7) is -0.904. The van der Waals surface area contributed by atoms with Gasteiger partial charge in [0.05, 0.1) is 6.61 Å². The van der Waals surface area contributed by atoms with Crippen LogP contribution in [0.1, 0.15) is 6.23 Å². The van der Waals surface area contributed by atoms with Crippen LogP contribution in [0.5, 0.6) is 0 Å². The summed E-state index contributed by atoms with van der Waals surface area (Å²) in [4.78, 5) is 15.2. The van der Waals surface area contributed by atoms with Crippen LogP contribution in [-0.4, -0.2) is 65.5 Å². The summed E-state index contributed by atoms with van der Waals surface area (Å²) in [5.41, 5.74) is 4.29. The number of anilines is 1. The van der Waals surface area contributed by atoms with Crippen LogP contribution >= 0.6 is 0 Å². The fourth-order valence-electron chi connectivity index (χ4n) is 2.20. The number of hydrogen-bond acceptors (Lipinski definition) is 11. The highest BCUT2D eigenvalue weighted by Crippen LogP contribution is 2.34. The predicted octanol–water partition coefficient (Wildman–Crippen LogP) is -2.91. The zero-order valence-electron chi connectivity index (χ0n) is 12.1. The molecule has 142 valence electrons. The Morgan fingerprint density at radius 2 is 1.76 bits per heavy atom. The average Bonchev–Trinajstić information content (AvgIpc) is 2.73. The molecule has 0 saturated carbocycles. The van der Waals surface area contributed by atoms with Gasteiger partial charge in [-0.25, -0.2) is 13.2 Å². The maximum atomic E-state index is 11.9. The molecule has 0 aliphatic carbocycles. The molecule has 25 heavy (non-hydrogen) atoms. The van der Waals surface area contributed by atoms with Crippen LogP contribution in [0.3, 0.4) is 0 Å². The van der Waals surface area contributed by atoms with Crippen LogP contribution in [0.2, 0.25) is 0 Å². The molecule has 1 aliphatic rings. The van der Waals surface area contributed by atoms with Gasteiger partial charge in [-0.2, -0.15) is 21.8 Å². The van der Waals surface area contributed by atoms with Gasteiger partial charge in [0.25, 0.3) is 0 Å². The average molecular weight is 403 g/mol. The number of hydrogen-bond donors (Lipinski definition) is 4. The number of nitrogen functional groups attached to an aromatic ring is 1. The third-order valence-corrected chi connectivity index (χ3v) is 3.99. The monoisotopic (exact) mass is 403 g/mol. The van der Waals surface area contributed by atoms with Crippen LogP contribution in [0, 0.1) is 0 Å². The third kappa shape index (κ3) is 4.92. The van der Waals surface area contributed by atoms with Crippen molar-refractivity contribution in [2.24, 2.45) is 0 Å². The molecular formula is C9H13N3O11S2. The summed E-state index contributed by atoms with van der Waals surface area (Å²) in [5.74, 6) is -0.170. The first-order valence-corrected chi connectivity index (χ1v) is 9.06. The Morgan fingerprint density at radius 1 is 1.20 bits per heavy atom. The molecule has 0 unspecified atom stereocenters. The van der Waals surface area contributed by atoms with Crippen molar-refractivity contribution in [2.45, 2.75) is 24.5 Å². The maximum absolute atomic E-state index is 11.9. The summed E-state index contributed by atoms with van der Waals surface area (Å²) in [7, 11) is -10.3. The molecule has 2 heterocycles. The van der Waals surface area contributed by atoms with Crippen molar-refractivity contribution >= 4 is 26.6 Å².